The minimum atomic E-state index is -1.04. The highest BCUT2D eigenvalue weighted by Crippen LogP contribution is 2.03. The molecule has 0 bridgehead atoms. The molecule has 0 aliphatic rings. The van der Waals surface area contributed by atoms with Gasteiger partial charge < -0.3 is 10.4 Å². The molecule has 2 N–H and O–H groups in total. The van der Waals surface area contributed by atoms with Crippen molar-refractivity contribution in [3.05, 3.63) is 23.8 Å². The molecular weight excluding hydrogens is 254 g/mol. The second kappa shape index (κ2) is 6.95. The van der Waals surface area contributed by atoms with Gasteiger partial charge >= 0.3 is 5.97 Å². The fraction of sp³-hybridized carbons (Fsp3) is 0.455. The van der Waals surface area contributed by atoms with Gasteiger partial charge in [-0.2, -0.15) is 11.8 Å². The van der Waals surface area contributed by atoms with Gasteiger partial charge in [0.15, 0.2) is 0 Å². The molecule has 0 saturated heterocycles. The van der Waals surface area contributed by atoms with Crippen LogP contribution in [0.15, 0.2) is 12.3 Å². The van der Waals surface area contributed by atoms with Crippen molar-refractivity contribution in [3.63, 3.8) is 0 Å². The number of rotatable bonds is 6. The molecule has 6 nitrogen and oxygen atoms in total. The van der Waals surface area contributed by atoms with Gasteiger partial charge in [0.05, 0.1) is 0 Å². The second-order valence-corrected chi connectivity index (χ2v) is 4.62. The fourth-order valence-electron chi connectivity index (χ4n) is 1.31. The Hall–Kier alpha value is -1.63. The van der Waals surface area contributed by atoms with Gasteiger partial charge in [-0.15, -0.1) is 0 Å². The average Bonchev–Trinajstić information content (AvgIpc) is 2.33. The third-order valence-corrected chi connectivity index (χ3v) is 2.87. The molecular formula is C11H15N3O3S. The summed E-state index contributed by atoms with van der Waals surface area (Å²) in [4.78, 5) is 30.6. The van der Waals surface area contributed by atoms with Crippen LogP contribution in [-0.4, -0.2) is 45.0 Å². The van der Waals surface area contributed by atoms with Crippen molar-refractivity contribution in [2.75, 3.05) is 12.0 Å². The van der Waals surface area contributed by atoms with Gasteiger partial charge in [0, 0.05) is 6.20 Å². The largest absolute Gasteiger partial charge is 0.480 e. The number of carboxylic acids is 1. The van der Waals surface area contributed by atoms with Crippen LogP contribution in [0, 0.1) is 6.92 Å². The average molecular weight is 269 g/mol. The molecule has 1 aromatic heterocycles. The summed E-state index contributed by atoms with van der Waals surface area (Å²) in [7, 11) is 0. The minimum Gasteiger partial charge on any atom is -0.480 e. The van der Waals surface area contributed by atoms with E-state index in [1.165, 1.54) is 24.0 Å². The van der Waals surface area contributed by atoms with Gasteiger partial charge in [0.25, 0.3) is 5.91 Å². The Kier molecular flexibility index (Phi) is 5.57. The van der Waals surface area contributed by atoms with Crippen molar-refractivity contribution in [3.8, 4) is 0 Å². The maximum Gasteiger partial charge on any atom is 0.326 e. The third kappa shape index (κ3) is 4.33. The van der Waals surface area contributed by atoms with Crippen molar-refractivity contribution in [1.29, 1.82) is 0 Å². The standard InChI is InChI=1S/C11H15N3O3S/c1-7-12-5-3-8(13-7)10(15)14-9(11(16)17)4-6-18-2/h3,5,9H,4,6H2,1-2H3,(H,14,15)(H,16,17)/t9-/m0/s1. The summed E-state index contributed by atoms with van der Waals surface area (Å²) < 4.78 is 0. The van der Waals surface area contributed by atoms with E-state index in [9.17, 15) is 9.59 Å². The predicted molar refractivity (Wildman–Crippen MR) is 68.7 cm³/mol. The van der Waals surface area contributed by atoms with Crippen LogP contribution in [-0.2, 0) is 4.79 Å². The van der Waals surface area contributed by atoms with Crippen molar-refractivity contribution in [1.82, 2.24) is 15.3 Å². The molecule has 1 aromatic rings. The molecule has 0 spiro atoms. The normalized spacial score (nSPS) is 11.9. The van der Waals surface area contributed by atoms with E-state index >= 15 is 0 Å². The van der Waals surface area contributed by atoms with Crippen molar-refractivity contribution in [2.45, 2.75) is 19.4 Å². The number of nitrogens with zero attached hydrogens (tertiary/aromatic N) is 2. The first-order valence-corrected chi connectivity index (χ1v) is 6.76. The van der Waals surface area contributed by atoms with Crippen LogP contribution < -0.4 is 5.32 Å². The zero-order chi connectivity index (χ0) is 13.5. The Morgan fingerprint density at radius 1 is 1.56 bits per heavy atom. The van der Waals surface area contributed by atoms with Crippen LogP contribution in [0.1, 0.15) is 22.7 Å². The number of carbonyl (C=O) groups is 2. The van der Waals surface area contributed by atoms with E-state index in [-0.39, 0.29) is 5.69 Å². The Morgan fingerprint density at radius 2 is 2.28 bits per heavy atom. The lowest BCUT2D eigenvalue weighted by molar-refractivity contribution is -0.139. The maximum absolute atomic E-state index is 11.8. The molecule has 0 unspecified atom stereocenters. The van der Waals surface area contributed by atoms with Crippen LogP contribution in [0.2, 0.25) is 0 Å². The Labute approximate surface area is 109 Å². The molecule has 0 saturated carbocycles. The number of aryl methyl sites for hydroxylation is 1. The highest BCUT2D eigenvalue weighted by Gasteiger charge is 2.20. The molecule has 0 radical (unpaired) electrons. The Bertz CT molecular complexity index is 439. The van der Waals surface area contributed by atoms with Crippen LogP contribution >= 0.6 is 11.8 Å². The van der Waals surface area contributed by atoms with Gasteiger partial charge in [-0.3, -0.25) is 4.79 Å². The van der Waals surface area contributed by atoms with Crippen LogP contribution in [0.3, 0.4) is 0 Å². The van der Waals surface area contributed by atoms with Crippen LogP contribution in [0.4, 0.5) is 0 Å². The van der Waals surface area contributed by atoms with E-state index in [4.69, 9.17) is 5.11 Å². The lowest BCUT2D eigenvalue weighted by Crippen LogP contribution is -2.41. The number of nitrogens with one attached hydrogen (secondary N) is 1. The summed E-state index contributed by atoms with van der Waals surface area (Å²) in [6.07, 6.45) is 3.73. The molecule has 0 aromatic carbocycles. The number of thioether (sulfide) groups is 1. The molecule has 18 heavy (non-hydrogen) atoms. The number of aromatic nitrogens is 2. The van der Waals surface area contributed by atoms with E-state index in [0.717, 1.165) is 0 Å². The van der Waals surface area contributed by atoms with E-state index in [0.29, 0.717) is 18.0 Å². The number of aliphatic carboxylic acids is 1. The fourth-order valence-corrected chi connectivity index (χ4v) is 1.78. The van der Waals surface area contributed by atoms with Crippen LogP contribution in [0.5, 0.6) is 0 Å². The minimum absolute atomic E-state index is 0.179. The topological polar surface area (TPSA) is 92.2 Å². The number of carbonyl (C=O) groups excluding carboxylic acids is 1. The Morgan fingerprint density at radius 3 is 2.83 bits per heavy atom. The first-order valence-electron chi connectivity index (χ1n) is 5.37. The molecule has 98 valence electrons. The van der Waals surface area contributed by atoms with Gasteiger partial charge in [0.1, 0.15) is 17.6 Å². The summed E-state index contributed by atoms with van der Waals surface area (Å²) >= 11 is 1.53. The lowest BCUT2D eigenvalue weighted by Gasteiger charge is -2.13. The SMILES string of the molecule is CSCC[C@H](NC(=O)c1ccnc(C)n1)C(=O)O. The van der Waals surface area contributed by atoms with Crippen molar-refractivity contribution in [2.24, 2.45) is 0 Å². The molecule has 1 atom stereocenters. The summed E-state index contributed by atoms with van der Waals surface area (Å²) in [5.74, 6) is -0.393. The number of hydrogen-bond donors (Lipinski definition) is 2. The molecule has 1 amide bonds. The number of hydrogen-bond acceptors (Lipinski definition) is 5. The van der Waals surface area contributed by atoms with Gasteiger partial charge in [-0.05, 0) is 31.4 Å². The highest BCUT2D eigenvalue weighted by molar-refractivity contribution is 7.98. The molecule has 1 heterocycles. The molecule has 0 aliphatic heterocycles. The third-order valence-electron chi connectivity index (χ3n) is 2.22. The first-order chi connectivity index (χ1) is 8.54. The van der Waals surface area contributed by atoms with Crippen molar-refractivity contribution < 1.29 is 14.7 Å². The summed E-state index contributed by atoms with van der Waals surface area (Å²) in [5, 5.41) is 11.4. The summed E-state index contributed by atoms with van der Waals surface area (Å²) in [6, 6.07) is 0.565. The Balaban J connectivity index is 2.69. The quantitative estimate of drug-likeness (QED) is 0.790. The smallest absolute Gasteiger partial charge is 0.326 e. The van der Waals surface area contributed by atoms with Gasteiger partial charge in [0.2, 0.25) is 0 Å². The second-order valence-electron chi connectivity index (χ2n) is 3.63. The summed E-state index contributed by atoms with van der Waals surface area (Å²) in [6.45, 7) is 1.67. The molecule has 7 heteroatoms. The van der Waals surface area contributed by atoms with E-state index in [1.54, 1.807) is 6.92 Å². The van der Waals surface area contributed by atoms with E-state index in [2.05, 4.69) is 15.3 Å². The van der Waals surface area contributed by atoms with Crippen molar-refractivity contribution >= 4 is 23.6 Å². The molecule has 0 aliphatic carbocycles. The summed E-state index contributed by atoms with van der Waals surface area (Å²) in [5.41, 5.74) is 0.179. The predicted octanol–water partition coefficient (Wildman–Crippen LogP) is 0.721. The van der Waals surface area contributed by atoms with Gasteiger partial charge in [-0.1, -0.05) is 0 Å². The molecule has 1 rings (SSSR count). The zero-order valence-electron chi connectivity index (χ0n) is 10.2. The monoisotopic (exact) mass is 269 g/mol. The lowest BCUT2D eigenvalue weighted by atomic mass is 10.2. The molecule has 0 fully saturated rings. The van der Waals surface area contributed by atoms with Crippen LogP contribution in [0.25, 0.3) is 0 Å². The maximum atomic E-state index is 11.8. The first kappa shape index (κ1) is 14.4. The highest BCUT2D eigenvalue weighted by atomic mass is 32.2. The zero-order valence-corrected chi connectivity index (χ0v) is 11.0. The number of carboxylic acid groups (broad SMARTS) is 1. The van der Waals surface area contributed by atoms with Gasteiger partial charge in [-0.25, -0.2) is 14.8 Å². The van der Waals surface area contributed by atoms with E-state index in [1.807, 2.05) is 6.26 Å². The van der Waals surface area contributed by atoms with E-state index < -0.39 is 17.9 Å². The number of amides is 1.